The van der Waals surface area contributed by atoms with E-state index in [2.05, 4.69) is 20.8 Å². The Morgan fingerprint density at radius 1 is 1.33 bits per heavy atom. The predicted molar refractivity (Wildman–Crippen MR) is 78.2 cm³/mol. The second kappa shape index (κ2) is 6.64. The second-order valence-electron chi connectivity index (χ2n) is 5.53. The molecule has 0 radical (unpaired) electrons. The summed E-state index contributed by atoms with van der Waals surface area (Å²) in [5.41, 5.74) is 6.55. The minimum atomic E-state index is -0.144. The van der Waals surface area contributed by atoms with E-state index < -0.39 is 0 Å². The molecule has 0 bridgehead atoms. The lowest BCUT2D eigenvalue weighted by Crippen LogP contribution is -2.36. The molecule has 1 aromatic carbocycles. The molecule has 0 heterocycles. The van der Waals surface area contributed by atoms with Crippen LogP contribution in [-0.4, -0.2) is 30.6 Å². The molecule has 18 heavy (non-hydrogen) atoms. The Kier molecular flexibility index (Phi) is 5.76. The van der Waals surface area contributed by atoms with E-state index in [9.17, 15) is 4.39 Å². The maximum Gasteiger partial charge on any atom is 0.126 e. The molecule has 0 aromatic heterocycles. The Morgan fingerprint density at radius 3 is 2.61 bits per heavy atom. The summed E-state index contributed by atoms with van der Waals surface area (Å²) in [6.07, 6.45) is 1.65. The second-order valence-corrected chi connectivity index (χ2v) is 6.44. The molecule has 0 aliphatic heterocycles. The van der Waals surface area contributed by atoms with Crippen molar-refractivity contribution in [3.63, 3.8) is 0 Å². The van der Waals surface area contributed by atoms with Crippen molar-refractivity contribution in [2.24, 2.45) is 5.73 Å². The molecule has 0 fully saturated rings. The Balaban J connectivity index is 2.42. The number of likely N-dealkylation sites (N-methyl/N-ethyl adjacent to an activating group) is 1. The van der Waals surface area contributed by atoms with Crippen molar-refractivity contribution >= 4 is 15.9 Å². The number of nitrogens with two attached hydrogens (primary N) is 1. The van der Waals surface area contributed by atoms with Crippen LogP contribution in [0.15, 0.2) is 22.7 Å². The van der Waals surface area contributed by atoms with Crippen LogP contribution < -0.4 is 5.73 Å². The zero-order chi connectivity index (χ0) is 13.8. The molecule has 1 aromatic rings. The van der Waals surface area contributed by atoms with Crippen LogP contribution in [0.1, 0.15) is 25.8 Å². The Hall–Kier alpha value is -0.450. The smallest absolute Gasteiger partial charge is 0.126 e. The van der Waals surface area contributed by atoms with E-state index in [1.165, 1.54) is 6.07 Å². The average molecular weight is 317 g/mol. The molecule has 0 amide bonds. The number of hydrogen-bond acceptors (Lipinski definition) is 2. The van der Waals surface area contributed by atoms with Gasteiger partial charge in [0, 0.05) is 16.6 Å². The molecule has 2 nitrogen and oxygen atoms in total. The molecular weight excluding hydrogens is 295 g/mol. The number of halogens is 2. The molecule has 0 aliphatic carbocycles. The van der Waals surface area contributed by atoms with Gasteiger partial charge in [-0.05, 0) is 64.0 Å². The highest BCUT2D eigenvalue weighted by Gasteiger charge is 2.12. The average Bonchev–Trinajstić information content (AvgIpc) is 2.26. The lowest BCUT2D eigenvalue weighted by Gasteiger charge is -2.23. The van der Waals surface area contributed by atoms with Gasteiger partial charge in [0.2, 0.25) is 0 Å². The van der Waals surface area contributed by atoms with E-state index in [0.717, 1.165) is 29.5 Å². The van der Waals surface area contributed by atoms with Gasteiger partial charge in [0.1, 0.15) is 5.82 Å². The van der Waals surface area contributed by atoms with Crippen molar-refractivity contribution in [3.05, 3.63) is 34.1 Å². The van der Waals surface area contributed by atoms with Gasteiger partial charge >= 0.3 is 0 Å². The van der Waals surface area contributed by atoms with Crippen molar-refractivity contribution in [1.82, 2.24) is 4.90 Å². The number of hydrogen-bond donors (Lipinski definition) is 1. The van der Waals surface area contributed by atoms with Crippen molar-refractivity contribution in [3.8, 4) is 0 Å². The monoisotopic (exact) mass is 316 g/mol. The fourth-order valence-electron chi connectivity index (χ4n) is 1.64. The van der Waals surface area contributed by atoms with Crippen LogP contribution in [0.5, 0.6) is 0 Å². The Bertz CT molecular complexity index is 388. The normalized spacial score (nSPS) is 12.2. The van der Waals surface area contributed by atoms with E-state index in [0.29, 0.717) is 6.42 Å². The van der Waals surface area contributed by atoms with Gasteiger partial charge in [-0.3, -0.25) is 0 Å². The first-order valence-corrected chi connectivity index (χ1v) is 6.98. The zero-order valence-corrected chi connectivity index (χ0v) is 12.9. The van der Waals surface area contributed by atoms with E-state index in [-0.39, 0.29) is 11.4 Å². The maximum absolute atomic E-state index is 13.5. The van der Waals surface area contributed by atoms with Crippen molar-refractivity contribution < 1.29 is 4.39 Å². The first-order chi connectivity index (χ1) is 8.28. The lowest BCUT2D eigenvalue weighted by atomic mass is 10.0. The summed E-state index contributed by atoms with van der Waals surface area (Å²) in [4.78, 5) is 2.19. The summed E-state index contributed by atoms with van der Waals surface area (Å²) in [5.74, 6) is -0.134. The van der Waals surface area contributed by atoms with E-state index in [4.69, 9.17) is 5.73 Å². The SMILES string of the molecule is CN(CCc1cc(Br)ccc1F)CCC(C)(C)N. The molecule has 0 atom stereocenters. The molecule has 0 saturated heterocycles. The minimum absolute atomic E-state index is 0.134. The number of benzene rings is 1. The van der Waals surface area contributed by atoms with Gasteiger partial charge < -0.3 is 10.6 Å². The first kappa shape index (κ1) is 15.6. The topological polar surface area (TPSA) is 29.3 Å². The molecular formula is C14H22BrFN2. The third-order valence-corrected chi connectivity index (χ3v) is 3.40. The highest BCUT2D eigenvalue weighted by atomic mass is 79.9. The molecule has 2 N–H and O–H groups in total. The van der Waals surface area contributed by atoms with Gasteiger partial charge in [-0.25, -0.2) is 4.39 Å². The first-order valence-electron chi connectivity index (χ1n) is 6.19. The zero-order valence-electron chi connectivity index (χ0n) is 11.3. The maximum atomic E-state index is 13.5. The van der Waals surface area contributed by atoms with Crippen LogP contribution in [0.25, 0.3) is 0 Å². The van der Waals surface area contributed by atoms with Crippen molar-refractivity contribution in [2.75, 3.05) is 20.1 Å². The van der Waals surface area contributed by atoms with E-state index >= 15 is 0 Å². The fraction of sp³-hybridized carbons (Fsp3) is 0.571. The largest absolute Gasteiger partial charge is 0.326 e. The third-order valence-electron chi connectivity index (χ3n) is 2.91. The molecule has 102 valence electrons. The van der Waals surface area contributed by atoms with E-state index in [1.54, 1.807) is 6.07 Å². The van der Waals surface area contributed by atoms with Gasteiger partial charge in [-0.15, -0.1) is 0 Å². The molecule has 0 aliphatic rings. The summed E-state index contributed by atoms with van der Waals surface area (Å²) >= 11 is 3.36. The van der Waals surface area contributed by atoms with Crippen molar-refractivity contribution in [1.29, 1.82) is 0 Å². The predicted octanol–water partition coefficient (Wildman–Crippen LogP) is 3.19. The highest BCUT2D eigenvalue weighted by Crippen LogP contribution is 2.16. The number of nitrogens with zero attached hydrogens (tertiary/aromatic N) is 1. The van der Waals surface area contributed by atoms with Gasteiger partial charge in [0.25, 0.3) is 0 Å². The summed E-state index contributed by atoms with van der Waals surface area (Å²) in [6.45, 7) is 5.81. The lowest BCUT2D eigenvalue weighted by molar-refractivity contribution is 0.297. The molecule has 0 unspecified atom stereocenters. The highest BCUT2D eigenvalue weighted by molar-refractivity contribution is 9.10. The summed E-state index contributed by atoms with van der Waals surface area (Å²) < 4.78 is 14.5. The van der Waals surface area contributed by atoms with Crippen LogP contribution in [0.3, 0.4) is 0 Å². The van der Waals surface area contributed by atoms with Crippen LogP contribution in [-0.2, 0) is 6.42 Å². The van der Waals surface area contributed by atoms with Crippen molar-refractivity contribution in [2.45, 2.75) is 32.2 Å². The van der Waals surface area contributed by atoms with Gasteiger partial charge in [0.05, 0.1) is 0 Å². The Morgan fingerprint density at radius 2 is 2.00 bits per heavy atom. The van der Waals surface area contributed by atoms with Gasteiger partial charge in [-0.2, -0.15) is 0 Å². The third kappa shape index (κ3) is 5.94. The van der Waals surface area contributed by atoms with Gasteiger partial charge in [-0.1, -0.05) is 15.9 Å². The summed E-state index contributed by atoms with van der Waals surface area (Å²) in [6, 6.07) is 5.07. The van der Waals surface area contributed by atoms with Crippen LogP contribution in [0, 0.1) is 5.82 Å². The molecule has 0 spiro atoms. The molecule has 4 heteroatoms. The van der Waals surface area contributed by atoms with E-state index in [1.807, 2.05) is 27.0 Å². The van der Waals surface area contributed by atoms with Crippen LogP contribution >= 0.6 is 15.9 Å². The minimum Gasteiger partial charge on any atom is -0.326 e. The van der Waals surface area contributed by atoms with Gasteiger partial charge in [0.15, 0.2) is 0 Å². The molecule has 0 saturated carbocycles. The van der Waals surface area contributed by atoms with Crippen LogP contribution in [0.2, 0.25) is 0 Å². The Labute approximate surface area is 117 Å². The standard InChI is InChI=1S/C14H22BrFN2/c1-14(2,17)7-9-18(3)8-6-11-10-12(15)4-5-13(11)16/h4-5,10H,6-9,17H2,1-3H3. The number of rotatable bonds is 6. The summed E-state index contributed by atoms with van der Waals surface area (Å²) in [5, 5.41) is 0. The quantitative estimate of drug-likeness (QED) is 0.873. The fourth-order valence-corrected chi connectivity index (χ4v) is 2.05. The summed E-state index contributed by atoms with van der Waals surface area (Å²) in [7, 11) is 2.04. The molecule has 1 rings (SSSR count). The van der Waals surface area contributed by atoms with Crippen LogP contribution in [0.4, 0.5) is 4.39 Å².